The van der Waals surface area contributed by atoms with Crippen LogP contribution in [0.15, 0.2) is 59.9 Å². The highest BCUT2D eigenvalue weighted by molar-refractivity contribution is 5.91. The second kappa shape index (κ2) is 13.3. The Hall–Kier alpha value is -3.41. The van der Waals surface area contributed by atoms with Gasteiger partial charge in [0.05, 0.1) is 17.6 Å². The van der Waals surface area contributed by atoms with E-state index >= 15 is 0 Å². The number of amides is 1. The molecule has 1 amide bonds. The van der Waals surface area contributed by atoms with Crippen molar-refractivity contribution in [3.8, 4) is 16.9 Å². The molecule has 2 aromatic carbocycles. The predicted molar refractivity (Wildman–Crippen MR) is 140 cm³/mol. The summed E-state index contributed by atoms with van der Waals surface area (Å²) in [5, 5.41) is 9.86. The second-order valence-electron chi connectivity index (χ2n) is 8.59. The highest BCUT2D eigenvalue weighted by Crippen LogP contribution is 2.27. The zero-order valence-corrected chi connectivity index (χ0v) is 20.6. The van der Waals surface area contributed by atoms with Crippen LogP contribution >= 0.6 is 0 Å². The van der Waals surface area contributed by atoms with E-state index in [4.69, 9.17) is 9.73 Å². The van der Waals surface area contributed by atoms with Gasteiger partial charge in [-0.15, -0.1) is 0 Å². The summed E-state index contributed by atoms with van der Waals surface area (Å²) in [4.78, 5) is 17.1. The third-order valence-corrected chi connectivity index (χ3v) is 5.66. The number of unbranched alkanes of at least 4 members (excludes halogenated alkanes) is 3. The number of hydrogen-bond donors (Lipinski definition) is 2. The first-order valence-electron chi connectivity index (χ1n) is 12.3. The summed E-state index contributed by atoms with van der Waals surface area (Å²) < 4.78 is 6.09. The normalized spacial score (nSPS) is 11.4. The van der Waals surface area contributed by atoms with Crippen LogP contribution in [0.3, 0.4) is 0 Å². The van der Waals surface area contributed by atoms with Crippen LogP contribution in [0.1, 0.15) is 64.4 Å². The number of aliphatic imine (C=N–C) groups is 1. The number of nitrogens with zero attached hydrogens (tertiary/aromatic N) is 2. The molecule has 0 saturated carbocycles. The molecule has 0 radical (unpaired) electrons. The van der Waals surface area contributed by atoms with Gasteiger partial charge in [-0.1, -0.05) is 45.2 Å². The first kappa shape index (κ1) is 25.2. The fourth-order valence-electron chi connectivity index (χ4n) is 3.67. The van der Waals surface area contributed by atoms with Gasteiger partial charge < -0.3 is 10.1 Å². The van der Waals surface area contributed by atoms with Gasteiger partial charge in [-0.05, 0) is 61.6 Å². The molecule has 1 heterocycles. The summed E-state index contributed by atoms with van der Waals surface area (Å²) in [6.45, 7) is 6.80. The number of ether oxygens (including phenoxy) is 1. The zero-order chi connectivity index (χ0) is 24.2. The quantitative estimate of drug-likeness (QED) is 0.208. The lowest BCUT2D eigenvalue weighted by Gasteiger charge is -2.12. The Morgan fingerprint density at radius 1 is 1.03 bits per heavy atom. The molecule has 34 heavy (non-hydrogen) atoms. The Balaban J connectivity index is 1.66. The van der Waals surface area contributed by atoms with E-state index in [0.717, 1.165) is 78.1 Å². The molecule has 0 saturated heterocycles. The smallest absolute Gasteiger partial charge is 0.224 e. The average molecular weight is 461 g/mol. The van der Waals surface area contributed by atoms with E-state index in [1.807, 2.05) is 36.7 Å². The lowest BCUT2D eigenvalue weighted by atomic mass is 10.1. The molecular weight excluding hydrogens is 424 g/mol. The predicted octanol–water partition coefficient (Wildman–Crippen LogP) is 7.25. The molecule has 0 aliphatic carbocycles. The molecule has 0 bridgehead atoms. The molecule has 6 nitrogen and oxygen atoms in total. The van der Waals surface area contributed by atoms with Crippen LogP contribution in [0.25, 0.3) is 11.1 Å². The van der Waals surface area contributed by atoms with Crippen molar-refractivity contribution in [2.24, 2.45) is 4.99 Å². The van der Waals surface area contributed by atoms with Crippen molar-refractivity contribution >= 4 is 23.0 Å². The molecule has 0 aliphatic heterocycles. The second-order valence-corrected chi connectivity index (χ2v) is 8.59. The maximum atomic E-state index is 12.1. The van der Waals surface area contributed by atoms with Crippen molar-refractivity contribution in [1.82, 2.24) is 10.2 Å². The van der Waals surface area contributed by atoms with Crippen molar-refractivity contribution in [2.45, 2.75) is 65.7 Å². The first-order chi connectivity index (χ1) is 16.6. The molecule has 0 aliphatic rings. The van der Waals surface area contributed by atoms with Gasteiger partial charge >= 0.3 is 0 Å². The number of hydrogen-bond acceptors (Lipinski definition) is 4. The number of aryl methyl sites for hydroxylation is 1. The number of carbonyl (C=O) groups excluding carboxylic acids is 1. The fraction of sp³-hybridized carbons (Fsp3) is 0.393. The molecule has 2 N–H and O–H groups in total. The van der Waals surface area contributed by atoms with Crippen LogP contribution in [0, 0.1) is 6.92 Å². The Labute approximate surface area is 202 Å². The van der Waals surface area contributed by atoms with Gasteiger partial charge in [0.15, 0.2) is 0 Å². The van der Waals surface area contributed by atoms with Crippen LogP contribution in [0.4, 0.5) is 11.4 Å². The number of anilines is 1. The zero-order valence-electron chi connectivity index (χ0n) is 20.6. The Kier molecular flexibility index (Phi) is 9.89. The molecule has 6 heteroatoms. The average Bonchev–Trinajstić information content (AvgIpc) is 3.37. The molecular formula is C28H36N4O2. The van der Waals surface area contributed by atoms with Crippen molar-refractivity contribution in [1.29, 1.82) is 0 Å². The third-order valence-electron chi connectivity index (χ3n) is 5.66. The number of nitrogens with one attached hydrogen (secondary N) is 2. The highest BCUT2D eigenvalue weighted by atomic mass is 16.5. The molecule has 0 fully saturated rings. The molecule has 180 valence electrons. The summed E-state index contributed by atoms with van der Waals surface area (Å²) in [5.74, 6) is 0.771. The van der Waals surface area contributed by atoms with E-state index in [-0.39, 0.29) is 5.91 Å². The minimum atomic E-state index is 0.0464. The van der Waals surface area contributed by atoms with Crippen LogP contribution in [0.5, 0.6) is 5.75 Å². The van der Waals surface area contributed by atoms with E-state index in [0.29, 0.717) is 13.0 Å². The number of rotatable bonds is 13. The van der Waals surface area contributed by atoms with E-state index in [2.05, 4.69) is 54.5 Å². The first-order valence-corrected chi connectivity index (χ1v) is 12.3. The van der Waals surface area contributed by atoms with Crippen molar-refractivity contribution in [2.75, 3.05) is 11.9 Å². The van der Waals surface area contributed by atoms with Gasteiger partial charge in [-0.25, -0.2) is 0 Å². The summed E-state index contributed by atoms with van der Waals surface area (Å²) in [6, 6.07) is 13.8. The maximum Gasteiger partial charge on any atom is 0.224 e. The van der Waals surface area contributed by atoms with Gasteiger partial charge in [0.2, 0.25) is 5.91 Å². The monoisotopic (exact) mass is 460 g/mol. The Morgan fingerprint density at radius 2 is 1.88 bits per heavy atom. The van der Waals surface area contributed by atoms with E-state index in [1.54, 1.807) is 0 Å². The van der Waals surface area contributed by atoms with Gasteiger partial charge in [-0.3, -0.25) is 14.9 Å². The van der Waals surface area contributed by atoms with E-state index in [9.17, 15) is 4.79 Å². The molecule has 1 aromatic heterocycles. The maximum absolute atomic E-state index is 12.1. The van der Waals surface area contributed by atoms with E-state index in [1.165, 1.54) is 0 Å². The van der Waals surface area contributed by atoms with Crippen molar-refractivity contribution < 1.29 is 9.53 Å². The summed E-state index contributed by atoms with van der Waals surface area (Å²) in [5.41, 5.74) is 6.01. The number of benzene rings is 2. The Morgan fingerprint density at radius 3 is 2.62 bits per heavy atom. The van der Waals surface area contributed by atoms with Crippen LogP contribution in [0.2, 0.25) is 0 Å². The van der Waals surface area contributed by atoms with Crippen LogP contribution in [-0.4, -0.2) is 28.4 Å². The lowest BCUT2D eigenvalue weighted by molar-refractivity contribution is -0.116. The van der Waals surface area contributed by atoms with Crippen molar-refractivity contribution in [3.63, 3.8) is 0 Å². The fourth-order valence-corrected chi connectivity index (χ4v) is 3.67. The van der Waals surface area contributed by atoms with E-state index < -0.39 is 0 Å². The largest absolute Gasteiger partial charge is 0.488 e. The van der Waals surface area contributed by atoms with Gasteiger partial charge in [0, 0.05) is 29.9 Å². The summed E-state index contributed by atoms with van der Waals surface area (Å²) in [6.07, 6.45) is 10.4. The number of aromatic nitrogens is 2. The van der Waals surface area contributed by atoms with Gasteiger partial charge in [0.1, 0.15) is 12.4 Å². The summed E-state index contributed by atoms with van der Waals surface area (Å²) >= 11 is 0. The lowest BCUT2D eigenvalue weighted by Crippen LogP contribution is -2.13. The highest BCUT2D eigenvalue weighted by Gasteiger charge is 2.08. The summed E-state index contributed by atoms with van der Waals surface area (Å²) in [7, 11) is 0. The van der Waals surface area contributed by atoms with Crippen LogP contribution < -0.4 is 10.1 Å². The molecule has 3 aromatic rings. The van der Waals surface area contributed by atoms with Gasteiger partial charge in [-0.2, -0.15) is 5.10 Å². The number of carbonyl (C=O) groups is 1. The molecule has 0 atom stereocenters. The number of H-pyrrole nitrogens is 1. The molecule has 3 rings (SSSR count). The van der Waals surface area contributed by atoms with Gasteiger partial charge in [0.25, 0.3) is 0 Å². The Bertz CT molecular complexity index is 1070. The number of aromatic amines is 1. The molecule has 0 unspecified atom stereocenters. The SMILES string of the molecule is CCCCCC(=O)Nc1cccc(OCC(CCCC)=Nc2ccc(-c3cn[nH]c3)cc2C)c1. The van der Waals surface area contributed by atoms with Crippen molar-refractivity contribution in [3.05, 3.63) is 60.4 Å². The van der Waals surface area contributed by atoms with Crippen LogP contribution in [-0.2, 0) is 4.79 Å². The minimum absolute atomic E-state index is 0.0464. The third kappa shape index (κ3) is 7.87. The topological polar surface area (TPSA) is 79.4 Å². The molecule has 0 spiro atoms. The minimum Gasteiger partial charge on any atom is -0.488 e. The standard InChI is InChI=1S/C28H36N4O2/c1-4-6-8-13-28(33)32-24-11-9-12-26(17-24)34-20-25(10-7-5-2)31-27-15-14-22(16-21(27)3)23-18-29-30-19-23/h9,11-12,14-19H,4-8,10,13,20H2,1-3H3,(H,29,30)(H,32,33).